The van der Waals surface area contributed by atoms with Crippen LogP contribution in [0.2, 0.25) is 5.02 Å². The highest BCUT2D eigenvalue weighted by Gasteiger charge is 2.33. The Kier molecular flexibility index (Phi) is 7.89. The second-order valence-electron chi connectivity index (χ2n) is 9.34. The Morgan fingerprint density at radius 3 is 2.40 bits per heavy atom. The molecule has 6 heteroatoms. The van der Waals surface area contributed by atoms with E-state index in [-0.39, 0.29) is 17.9 Å². The molecule has 1 aromatic heterocycles. The second-order valence-corrected chi connectivity index (χ2v) is 9.75. The van der Waals surface area contributed by atoms with Crippen LogP contribution < -0.4 is 5.73 Å². The van der Waals surface area contributed by atoms with Crippen molar-refractivity contribution >= 4 is 28.5 Å². The maximum absolute atomic E-state index is 13.9. The Hall–Kier alpha value is -3.15. The summed E-state index contributed by atoms with van der Waals surface area (Å²) in [5.41, 5.74) is 10.6. The molecule has 35 heavy (non-hydrogen) atoms. The van der Waals surface area contributed by atoms with E-state index in [1.165, 1.54) is 0 Å². The first-order chi connectivity index (χ1) is 16.9. The van der Waals surface area contributed by atoms with Crippen molar-refractivity contribution in [1.82, 2.24) is 14.5 Å². The molecular formula is C29H33ClN4O. The number of hydrogen-bond donors (Lipinski definition) is 1. The lowest BCUT2D eigenvalue weighted by molar-refractivity contribution is 0.0605. The van der Waals surface area contributed by atoms with Gasteiger partial charge in [-0.1, -0.05) is 79.5 Å². The van der Waals surface area contributed by atoms with E-state index >= 15 is 0 Å². The zero-order valence-electron chi connectivity index (χ0n) is 20.6. The van der Waals surface area contributed by atoms with E-state index in [9.17, 15) is 4.79 Å². The first-order valence-corrected chi connectivity index (χ1v) is 12.5. The highest BCUT2D eigenvalue weighted by atomic mass is 35.5. The van der Waals surface area contributed by atoms with E-state index in [0.29, 0.717) is 36.6 Å². The number of fused-ring (bicyclic) bond motifs is 1. The lowest BCUT2D eigenvalue weighted by Crippen LogP contribution is -2.40. The average molecular weight is 489 g/mol. The molecule has 182 valence electrons. The number of rotatable bonds is 9. The maximum Gasteiger partial charge on any atom is 0.254 e. The number of para-hydroxylation sites is 1. The van der Waals surface area contributed by atoms with Crippen molar-refractivity contribution in [2.75, 3.05) is 13.1 Å². The van der Waals surface area contributed by atoms with Crippen LogP contribution >= 0.6 is 11.6 Å². The first-order valence-electron chi connectivity index (χ1n) is 12.2. The number of aromatic nitrogens is 2. The number of amides is 1. The summed E-state index contributed by atoms with van der Waals surface area (Å²) in [6.45, 7) is 7.99. The van der Waals surface area contributed by atoms with E-state index in [1.807, 2.05) is 72.5 Å². The molecule has 0 bridgehead atoms. The third-order valence-corrected chi connectivity index (χ3v) is 6.64. The summed E-state index contributed by atoms with van der Waals surface area (Å²) in [6.07, 6.45) is 0.709. The van der Waals surface area contributed by atoms with Crippen LogP contribution in [0.15, 0.2) is 72.8 Å². The largest absolute Gasteiger partial charge is 0.330 e. The number of aryl methyl sites for hydroxylation is 1. The van der Waals surface area contributed by atoms with Crippen LogP contribution in [0, 0.1) is 12.8 Å². The summed E-state index contributed by atoms with van der Waals surface area (Å²) in [7, 11) is 0. The van der Waals surface area contributed by atoms with Gasteiger partial charge in [0.15, 0.2) is 0 Å². The molecular weight excluding hydrogens is 456 g/mol. The van der Waals surface area contributed by atoms with Crippen LogP contribution in [-0.2, 0) is 6.54 Å². The number of carbonyl (C=O) groups excluding carboxylic acids is 1. The Balaban J connectivity index is 1.87. The topological polar surface area (TPSA) is 64.2 Å². The Labute approximate surface area is 212 Å². The van der Waals surface area contributed by atoms with Crippen molar-refractivity contribution < 1.29 is 4.79 Å². The molecule has 2 N–H and O–H groups in total. The van der Waals surface area contributed by atoms with Gasteiger partial charge in [-0.15, -0.1) is 0 Å². The van der Waals surface area contributed by atoms with E-state index in [2.05, 4.69) is 30.5 Å². The van der Waals surface area contributed by atoms with Gasteiger partial charge in [0, 0.05) is 18.7 Å². The van der Waals surface area contributed by atoms with Crippen molar-refractivity contribution in [3.05, 3.63) is 100 Å². The summed E-state index contributed by atoms with van der Waals surface area (Å²) in [5.74, 6) is 0.943. The Bertz CT molecular complexity index is 1280. The van der Waals surface area contributed by atoms with E-state index < -0.39 is 0 Å². The molecule has 0 aliphatic rings. The molecule has 0 radical (unpaired) electrons. The Morgan fingerprint density at radius 1 is 1.03 bits per heavy atom. The third kappa shape index (κ3) is 5.42. The normalized spacial score (nSPS) is 12.3. The zero-order chi connectivity index (χ0) is 24.9. The molecule has 4 aromatic rings. The summed E-state index contributed by atoms with van der Waals surface area (Å²) in [5, 5.41) is 0.608. The molecule has 1 heterocycles. The standard InChI is InChI=1S/C29H33ClN4O/c1-20(2)27(33(18-8-17-31)29(35)23-15-13-21(3)14-16-23)28-32-26-24(30)11-7-12-25(26)34(28)19-22-9-5-4-6-10-22/h4-7,9-16,20,27H,8,17-19,31H2,1-3H3. The van der Waals surface area contributed by atoms with Crippen LogP contribution in [0.5, 0.6) is 0 Å². The van der Waals surface area contributed by atoms with Crippen molar-refractivity contribution in [3.63, 3.8) is 0 Å². The molecule has 3 aromatic carbocycles. The van der Waals surface area contributed by atoms with Gasteiger partial charge in [0.25, 0.3) is 5.91 Å². The van der Waals surface area contributed by atoms with Gasteiger partial charge in [-0.3, -0.25) is 4.79 Å². The SMILES string of the molecule is Cc1ccc(C(=O)N(CCCN)C(c2nc3c(Cl)cccc3n2Cc2ccccc2)C(C)C)cc1. The summed E-state index contributed by atoms with van der Waals surface area (Å²) >= 11 is 6.59. The molecule has 0 fully saturated rings. The van der Waals surface area contributed by atoms with E-state index in [1.54, 1.807) is 0 Å². The molecule has 1 amide bonds. The number of benzene rings is 3. The third-order valence-electron chi connectivity index (χ3n) is 6.34. The van der Waals surface area contributed by atoms with Crippen LogP contribution in [0.3, 0.4) is 0 Å². The van der Waals surface area contributed by atoms with Gasteiger partial charge in [-0.05, 0) is 55.6 Å². The Morgan fingerprint density at radius 2 is 1.74 bits per heavy atom. The minimum absolute atomic E-state index is 0.0124. The van der Waals surface area contributed by atoms with Crippen molar-refractivity contribution in [1.29, 1.82) is 0 Å². The fourth-order valence-electron chi connectivity index (χ4n) is 4.58. The van der Waals surface area contributed by atoms with E-state index in [4.69, 9.17) is 22.3 Å². The fourth-order valence-corrected chi connectivity index (χ4v) is 4.79. The predicted molar refractivity (Wildman–Crippen MR) is 144 cm³/mol. The van der Waals surface area contributed by atoms with Crippen LogP contribution in [0.4, 0.5) is 0 Å². The van der Waals surface area contributed by atoms with Gasteiger partial charge in [0.05, 0.1) is 16.6 Å². The van der Waals surface area contributed by atoms with Crippen molar-refractivity contribution in [3.8, 4) is 0 Å². The van der Waals surface area contributed by atoms with Gasteiger partial charge in [-0.25, -0.2) is 4.98 Å². The van der Waals surface area contributed by atoms with Gasteiger partial charge in [0.2, 0.25) is 0 Å². The molecule has 4 rings (SSSR count). The van der Waals surface area contributed by atoms with Crippen molar-refractivity contribution in [2.24, 2.45) is 11.7 Å². The number of hydrogen-bond acceptors (Lipinski definition) is 3. The minimum Gasteiger partial charge on any atom is -0.330 e. The molecule has 0 spiro atoms. The summed E-state index contributed by atoms with van der Waals surface area (Å²) in [6, 6.07) is 23.7. The number of nitrogens with zero attached hydrogens (tertiary/aromatic N) is 3. The number of nitrogens with two attached hydrogens (primary N) is 1. The zero-order valence-corrected chi connectivity index (χ0v) is 21.4. The van der Waals surface area contributed by atoms with Gasteiger partial charge in [0.1, 0.15) is 11.3 Å². The first kappa shape index (κ1) is 25.0. The monoisotopic (exact) mass is 488 g/mol. The van der Waals surface area contributed by atoms with Gasteiger partial charge < -0.3 is 15.2 Å². The highest BCUT2D eigenvalue weighted by molar-refractivity contribution is 6.34. The lowest BCUT2D eigenvalue weighted by Gasteiger charge is -2.34. The number of carbonyl (C=O) groups is 1. The van der Waals surface area contributed by atoms with Gasteiger partial charge >= 0.3 is 0 Å². The molecule has 0 saturated heterocycles. The number of halogens is 1. The van der Waals surface area contributed by atoms with E-state index in [0.717, 1.165) is 28.0 Å². The van der Waals surface area contributed by atoms with Crippen LogP contribution in [0.1, 0.15) is 53.6 Å². The number of imidazole rings is 1. The maximum atomic E-state index is 13.9. The van der Waals surface area contributed by atoms with Crippen LogP contribution in [-0.4, -0.2) is 33.4 Å². The van der Waals surface area contributed by atoms with Crippen molar-refractivity contribution in [2.45, 2.75) is 39.8 Å². The highest BCUT2D eigenvalue weighted by Crippen LogP contribution is 2.34. The summed E-state index contributed by atoms with van der Waals surface area (Å²) < 4.78 is 2.21. The quantitative estimate of drug-likeness (QED) is 0.303. The molecule has 0 aliphatic carbocycles. The second kappa shape index (κ2) is 11.1. The molecule has 0 saturated carbocycles. The molecule has 0 aliphatic heterocycles. The molecule has 1 unspecified atom stereocenters. The summed E-state index contributed by atoms with van der Waals surface area (Å²) in [4.78, 5) is 20.9. The van der Waals surface area contributed by atoms with Crippen LogP contribution in [0.25, 0.3) is 11.0 Å². The molecule has 1 atom stereocenters. The average Bonchev–Trinajstić information content (AvgIpc) is 3.21. The fraction of sp³-hybridized carbons (Fsp3) is 0.310. The minimum atomic E-state index is -0.248. The lowest BCUT2D eigenvalue weighted by atomic mass is 9.99. The smallest absolute Gasteiger partial charge is 0.254 e. The molecule has 5 nitrogen and oxygen atoms in total. The van der Waals surface area contributed by atoms with Gasteiger partial charge in [-0.2, -0.15) is 0 Å². The predicted octanol–water partition coefficient (Wildman–Crippen LogP) is 6.23.